The summed E-state index contributed by atoms with van der Waals surface area (Å²) in [6, 6.07) is 7.26. The highest BCUT2D eigenvalue weighted by Crippen LogP contribution is 2.10. The third-order valence-corrected chi connectivity index (χ3v) is 3.74. The molecular weight excluding hydrogens is 382 g/mol. The largest absolute Gasteiger partial charge is 0.384 e. The number of nitrogens with two attached hydrogens (primary N) is 3. The van der Waals surface area contributed by atoms with Gasteiger partial charge in [0.05, 0.1) is 43.4 Å². The summed E-state index contributed by atoms with van der Waals surface area (Å²) in [5.41, 5.74) is 21.3. The van der Waals surface area contributed by atoms with Crippen LogP contribution in [0.25, 0.3) is 0 Å². The van der Waals surface area contributed by atoms with Gasteiger partial charge in [-0.15, -0.1) is 0 Å². The van der Waals surface area contributed by atoms with Crippen LogP contribution in [0.1, 0.15) is 29.4 Å². The molecule has 152 valence electrons. The maximum absolute atomic E-state index is 6.12. The molecule has 2 aromatic rings. The lowest BCUT2D eigenvalue weighted by atomic mass is 10.2. The third kappa shape index (κ3) is 8.81. The maximum Gasteiger partial charge on any atom is 0.123 e. The molecule has 7 nitrogen and oxygen atoms in total. The van der Waals surface area contributed by atoms with E-state index < -0.39 is 0 Å². The molecule has 0 spiro atoms. The number of hydrogen-bond donors (Lipinski definition) is 3. The van der Waals surface area contributed by atoms with Gasteiger partial charge in [-0.1, -0.05) is 0 Å². The Morgan fingerprint density at radius 3 is 1.85 bits per heavy atom. The quantitative estimate of drug-likeness (QED) is 0.604. The first-order chi connectivity index (χ1) is 11.8. The molecule has 2 aromatic heterocycles. The number of aromatic nitrogens is 2. The Morgan fingerprint density at radius 1 is 0.889 bits per heavy atom. The minimum atomic E-state index is -0.260. The first kappa shape index (κ1) is 25.5. The number of anilines is 2. The fourth-order valence-electron chi connectivity index (χ4n) is 2.46. The zero-order valence-corrected chi connectivity index (χ0v) is 18.0. The van der Waals surface area contributed by atoms with Crippen molar-refractivity contribution in [1.82, 2.24) is 9.97 Å². The van der Waals surface area contributed by atoms with Gasteiger partial charge in [0.2, 0.25) is 0 Å². The molecule has 0 aliphatic rings. The molecule has 2 atom stereocenters. The Hall–Kier alpha value is -1.52. The minimum Gasteiger partial charge on any atom is -0.384 e. The van der Waals surface area contributed by atoms with Crippen molar-refractivity contribution in [3.05, 3.63) is 46.8 Å². The molecule has 0 amide bonds. The Bertz CT molecular complexity index is 678. The summed E-state index contributed by atoms with van der Waals surface area (Å²) in [6.07, 6.45) is -0.181. The van der Waals surface area contributed by atoms with E-state index in [1.807, 2.05) is 45.0 Å². The van der Waals surface area contributed by atoms with Gasteiger partial charge in [0, 0.05) is 0 Å². The summed E-state index contributed by atoms with van der Waals surface area (Å²) in [5.74, 6) is 0.980. The van der Waals surface area contributed by atoms with Crippen LogP contribution in [0.4, 0.5) is 11.6 Å². The molecule has 0 aliphatic heterocycles. The van der Waals surface area contributed by atoms with Gasteiger partial charge >= 0.3 is 0 Å². The van der Waals surface area contributed by atoms with Crippen LogP contribution >= 0.6 is 27.0 Å². The van der Waals surface area contributed by atoms with Crippen molar-refractivity contribution in [2.75, 3.05) is 18.1 Å². The molecule has 0 saturated carbocycles. The molecule has 0 aromatic carbocycles. The number of ether oxygens (including phenoxy) is 2. The van der Waals surface area contributed by atoms with E-state index >= 15 is 0 Å². The Labute approximate surface area is 174 Å². The molecule has 0 fully saturated rings. The molecule has 6 N–H and O–H groups in total. The van der Waals surface area contributed by atoms with E-state index in [-0.39, 0.29) is 39.1 Å². The van der Waals surface area contributed by atoms with Crippen molar-refractivity contribution in [1.29, 1.82) is 0 Å². The molecule has 27 heavy (non-hydrogen) atoms. The Morgan fingerprint density at radius 2 is 1.37 bits per heavy atom. The molecule has 0 unspecified atom stereocenters. The van der Waals surface area contributed by atoms with Gasteiger partial charge in [-0.05, 0) is 56.2 Å². The fraction of sp³-hybridized carbons (Fsp3) is 0.444. The molecule has 0 bridgehead atoms. The van der Waals surface area contributed by atoms with E-state index in [1.165, 1.54) is 0 Å². The van der Waals surface area contributed by atoms with Gasteiger partial charge in [0.25, 0.3) is 0 Å². The van der Waals surface area contributed by atoms with Crippen LogP contribution in [0.5, 0.6) is 0 Å². The topological polar surface area (TPSA) is 122 Å². The van der Waals surface area contributed by atoms with E-state index in [0.717, 1.165) is 22.5 Å². The standard InChI is InChI=1S/C18H27N5O2.2H2S/c1-11-4-14(22-17(20)6-11)8-24-10-16(19)13(3)25-9-15-5-12(2)7-18(21)23-15;;/h4-7,13,16H,8-10,19H2,1-3H3,(H2,20,22)(H2,21,23);2*1H2/t13-,16-;;/m0../s1. The molecule has 2 rings (SSSR count). The van der Waals surface area contributed by atoms with Crippen LogP contribution in [0.2, 0.25) is 0 Å². The average Bonchev–Trinajstić information content (AvgIpc) is 2.50. The number of aryl methyl sites for hydroxylation is 2. The number of hydrogen-bond acceptors (Lipinski definition) is 7. The van der Waals surface area contributed by atoms with Crippen LogP contribution in [0, 0.1) is 13.8 Å². The second-order valence-electron chi connectivity index (χ2n) is 6.32. The van der Waals surface area contributed by atoms with Crippen molar-refractivity contribution in [3.63, 3.8) is 0 Å². The predicted molar refractivity (Wildman–Crippen MR) is 119 cm³/mol. The normalized spacial score (nSPS) is 12.6. The molecule has 0 radical (unpaired) electrons. The number of nitrogen functional groups attached to an aromatic ring is 2. The smallest absolute Gasteiger partial charge is 0.123 e. The summed E-state index contributed by atoms with van der Waals surface area (Å²) in [6.45, 7) is 6.93. The monoisotopic (exact) mass is 413 g/mol. The number of pyridine rings is 2. The first-order valence-corrected chi connectivity index (χ1v) is 8.24. The van der Waals surface area contributed by atoms with Gasteiger partial charge in [-0.25, -0.2) is 9.97 Å². The lowest BCUT2D eigenvalue weighted by Crippen LogP contribution is -2.38. The van der Waals surface area contributed by atoms with E-state index in [2.05, 4.69) is 9.97 Å². The molecular formula is C18H31N5O2S2. The van der Waals surface area contributed by atoms with Gasteiger partial charge < -0.3 is 26.7 Å². The van der Waals surface area contributed by atoms with Crippen molar-refractivity contribution in [2.24, 2.45) is 5.73 Å². The molecule has 9 heteroatoms. The van der Waals surface area contributed by atoms with E-state index in [9.17, 15) is 0 Å². The van der Waals surface area contributed by atoms with Crippen LogP contribution in [0.3, 0.4) is 0 Å². The SMILES string of the molecule is Cc1cc(N)nc(COC[C@H](N)[C@H](C)OCc2cc(C)cc(N)n2)c1.S.S. The summed E-state index contributed by atoms with van der Waals surface area (Å²) in [7, 11) is 0. The zero-order valence-electron chi connectivity index (χ0n) is 16.0. The molecule has 2 heterocycles. The van der Waals surface area contributed by atoms with E-state index in [0.29, 0.717) is 31.5 Å². The van der Waals surface area contributed by atoms with Crippen LogP contribution in [-0.4, -0.2) is 28.7 Å². The average molecular weight is 414 g/mol. The van der Waals surface area contributed by atoms with Gasteiger partial charge in [0.1, 0.15) is 11.6 Å². The summed E-state index contributed by atoms with van der Waals surface area (Å²) >= 11 is 0. The maximum atomic E-state index is 6.12. The second kappa shape index (κ2) is 12.0. The van der Waals surface area contributed by atoms with E-state index in [4.69, 9.17) is 26.7 Å². The number of nitrogens with zero attached hydrogens (tertiary/aromatic N) is 2. The molecule has 0 aliphatic carbocycles. The molecule has 0 saturated heterocycles. The Balaban J connectivity index is 0.00000338. The zero-order chi connectivity index (χ0) is 18.4. The Kier molecular flexibility index (Phi) is 11.4. The minimum absolute atomic E-state index is 0. The first-order valence-electron chi connectivity index (χ1n) is 8.24. The van der Waals surface area contributed by atoms with Crippen molar-refractivity contribution in [2.45, 2.75) is 46.1 Å². The lowest BCUT2D eigenvalue weighted by molar-refractivity contribution is 0.00240. The fourth-order valence-corrected chi connectivity index (χ4v) is 2.46. The summed E-state index contributed by atoms with van der Waals surface area (Å²) < 4.78 is 11.4. The van der Waals surface area contributed by atoms with Gasteiger partial charge in [0.15, 0.2) is 0 Å². The summed E-state index contributed by atoms with van der Waals surface area (Å²) in [4.78, 5) is 8.47. The van der Waals surface area contributed by atoms with Crippen molar-refractivity contribution >= 4 is 38.6 Å². The summed E-state index contributed by atoms with van der Waals surface area (Å²) in [5, 5.41) is 0. The van der Waals surface area contributed by atoms with Crippen LogP contribution in [-0.2, 0) is 22.7 Å². The second-order valence-corrected chi connectivity index (χ2v) is 6.32. The van der Waals surface area contributed by atoms with Crippen LogP contribution in [0.15, 0.2) is 24.3 Å². The highest BCUT2D eigenvalue weighted by Gasteiger charge is 2.14. The van der Waals surface area contributed by atoms with Crippen LogP contribution < -0.4 is 17.2 Å². The van der Waals surface area contributed by atoms with Crippen molar-refractivity contribution < 1.29 is 9.47 Å². The lowest BCUT2D eigenvalue weighted by Gasteiger charge is -2.20. The third-order valence-electron chi connectivity index (χ3n) is 3.74. The van der Waals surface area contributed by atoms with Gasteiger partial charge in [-0.2, -0.15) is 27.0 Å². The number of rotatable bonds is 8. The van der Waals surface area contributed by atoms with Gasteiger partial charge in [-0.3, -0.25) is 0 Å². The predicted octanol–water partition coefficient (Wildman–Crippen LogP) is 1.93. The highest BCUT2D eigenvalue weighted by molar-refractivity contribution is 7.59. The van der Waals surface area contributed by atoms with E-state index in [1.54, 1.807) is 0 Å². The highest BCUT2D eigenvalue weighted by atomic mass is 32.1. The van der Waals surface area contributed by atoms with Crippen molar-refractivity contribution in [3.8, 4) is 0 Å².